The zero-order valence-electron chi connectivity index (χ0n) is 5.24. The van der Waals surface area contributed by atoms with Gasteiger partial charge in [-0.05, 0) is 6.08 Å². The van der Waals surface area contributed by atoms with Crippen LogP contribution in [-0.4, -0.2) is 19.3 Å². The van der Waals surface area contributed by atoms with Crippen LogP contribution in [0.1, 0.15) is 6.92 Å². The first kappa shape index (κ1) is 7.37. The lowest BCUT2D eigenvalue weighted by molar-refractivity contribution is -0.0574. The summed E-state index contributed by atoms with van der Waals surface area (Å²) in [5.41, 5.74) is -0.280. The molecule has 0 aliphatic carbocycles. The maximum absolute atomic E-state index is 11.7. The molecule has 0 fully saturated rings. The first-order valence-corrected chi connectivity index (χ1v) is 2.66. The molecule has 0 aromatic rings. The molecule has 0 bridgehead atoms. The molecule has 0 saturated heterocycles. The zero-order chi connectivity index (χ0) is 7.78. The molecule has 5 heteroatoms. The second-order valence-corrected chi connectivity index (χ2v) is 2.03. The SMILES string of the molecule is CC1=CC(C(F)(F)F)=N[B]1. The molecular weight excluding hydrogens is 142 g/mol. The molecule has 0 aromatic heterocycles. The highest BCUT2D eigenvalue weighted by Gasteiger charge is 2.35. The van der Waals surface area contributed by atoms with Crippen molar-refractivity contribution in [3.63, 3.8) is 0 Å². The maximum atomic E-state index is 11.7. The average molecular weight is 146 g/mol. The number of nitrogens with zero attached hydrogens (tertiary/aromatic N) is 1. The van der Waals surface area contributed by atoms with Crippen LogP contribution in [0.25, 0.3) is 0 Å². The topological polar surface area (TPSA) is 12.4 Å². The van der Waals surface area contributed by atoms with E-state index in [-0.39, 0.29) is 0 Å². The quantitative estimate of drug-likeness (QED) is 0.459. The number of hydrogen-bond acceptors (Lipinski definition) is 1. The van der Waals surface area contributed by atoms with Gasteiger partial charge in [0.1, 0.15) is 5.71 Å². The molecule has 1 radical (unpaired) electrons. The highest BCUT2D eigenvalue weighted by molar-refractivity contribution is 6.50. The van der Waals surface area contributed by atoms with Crippen LogP contribution in [0.4, 0.5) is 13.2 Å². The Hall–Kier alpha value is -0.735. The van der Waals surface area contributed by atoms with Crippen LogP contribution in [0.2, 0.25) is 0 Å². The molecule has 1 heterocycles. The number of halogens is 3. The summed E-state index contributed by atoms with van der Waals surface area (Å²) in [6, 6.07) is 0. The third kappa shape index (κ3) is 1.40. The van der Waals surface area contributed by atoms with E-state index in [2.05, 4.69) is 4.90 Å². The van der Waals surface area contributed by atoms with Gasteiger partial charge in [0.15, 0.2) is 0 Å². The van der Waals surface area contributed by atoms with Crippen LogP contribution in [0, 0.1) is 0 Å². The Bertz CT molecular complexity index is 203. The van der Waals surface area contributed by atoms with E-state index in [9.17, 15) is 13.2 Å². The van der Waals surface area contributed by atoms with Crippen LogP contribution < -0.4 is 0 Å². The highest BCUT2D eigenvalue weighted by Crippen LogP contribution is 2.21. The Kier molecular flexibility index (Phi) is 1.58. The van der Waals surface area contributed by atoms with Gasteiger partial charge in [0.05, 0.1) is 0 Å². The molecule has 0 unspecified atom stereocenters. The molecule has 1 aliphatic heterocycles. The summed E-state index contributed by atoms with van der Waals surface area (Å²) in [6.45, 7) is 1.57. The molecule has 53 valence electrons. The number of hydrogen-bond donors (Lipinski definition) is 0. The lowest BCUT2D eigenvalue weighted by Crippen LogP contribution is -2.19. The fraction of sp³-hybridized carbons (Fsp3) is 0.400. The number of alkyl halides is 3. The third-order valence-corrected chi connectivity index (χ3v) is 1.06. The lowest BCUT2D eigenvalue weighted by Gasteiger charge is -2.01. The molecule has 0 N–H and O–H groups in total. The monoisotopic (exact) mass is 146 g/mol. The summed E-state index contributed by atoms with van der Waals surface area (Å²) in [7, 11) is 1.20. The van der Waals surface area contributed by atoms with Crippen molar-refractivity contribution in [1.82, 2.24) is 0 Å². The largest absolute Gasteiger partial charge is 0.431 e. The van der Waals surface area contributed by atoms with Crippen molar-refractivity contribution in [3.05, 3.63) is 11.5 Å². The van der Waals surface area contributed by atoms with Crippen LogP contribution in [-0.2, 0) is 0 Å². The summed E-state index contributed by atoms with van der Waals surface area (Å²) in [4.78, 5) is 3.16. The van der Waals surface area contributed by atoms with Crippen molar-refractivity contribution in [2.75, 3.05) is 0 Å². The van der Waals surface area contributed by atoms with Crippen molar-refractivity contribution in [1.29, 1.82) is 0 Å². The van der Waals surface area contributed by atoms with E-state index >= 15 is 0 Å². The predicted molar refractivity (Wildman–Crippen MR) is 33.0 cm³/mol. The second-order valence-electron chi connectivity index (χ2n) is 2.03. The molecule has 0 saturated carbocycles. The lowest BCUT2D eigenvalue weighted by atomic mass is 9.87. The summed E-state index contributed by atoms with van der Waals surface area (Å²) in [5.74, 6) is 0. The normalized spacial score (nSPS) is 18.0. The van der Waals surface area contributed by atoms with E-state index in [0.29, 0.717) is 5.47 Å². The number of allylic oxidation sites excluding steroid dienone is 2. The fourth-order valence-corrected chi connectivity index (χ4v) is 0.617. The zero-order valence-corrected chi connectivity index (χ0v) is 5.24. The van der Waals surface area contributed by atoms with Gasteiger partial charge >= 0.3 is 13.6 Å². The Balaban J connectivity index is 2.77. The van der Waals surface area contributed by atoms with E-state index in [1.807, 2.05) is 0 Å². The molecular formula is C5H4BF3N. The van der Waals surface area contributed by atoms with Crippen molar-refractivity contribution >= 4 is 13.1 Å². The number of rotatable bonds is 0. The summed E-state index contributed by atoms with van der Waals surface area (Å²) >= 11 is 0. The van der Waals surface area contributed by atoms with Gasteiger partial charge in [0.25, 0.3) is 0 Å². The van der Waals surface area contributed by atoms with E-state index in [1.165, 1.54) is 7.41 Å². The van der Waals surface area contributed by atoms with Crippen LogP contribution >= 0.6 is 0 Å². The molecule has 10 heavy (non-hydrogen) atoms. The smallest absolute Gasteiger partial charge is 0.339 e. The van der Waals surface area contributed by atoms with Gasteiger partial charge in [-0.15, -0.1) is 0 Å². The Morgan fingerprint density at radius 3 is 2.30 bits per heavy atom. The molecule has 0 spiro atoms. The first-order chi connectivity index (χ1) is 4.50. The minimum absolute atomic E-state index is 0.535. The van der Waals surface area contributed by atoms with E-state index in [0.717, 1.165) is 6.08 Å². The maximum Gasteiger partial charge on any atom is 0.431 e. The Morgan fingerprint density at radius 2 is 2.10 bits per heavy atom. The van der Waals surface area contributed by atoms with Crippen LogP contribution in [0.3, 0.4) is 0 Å². The standard InChI is InChI=1S/C5H4BF3N/c1-3-2-4(10-6-3)5(7,8)9/h2H,1H3. The molecule has 1 aliphatic rings. The summed E-state index contributed by atoms with van der Waals surface area (Å²) in [5, 5.41) is 0. The summed E-state index contributed by atoms with van der Waals surface area (Å²) < 4.78 is 35.2. The van der Waals surface area contributed by atoms with Gasteiger partial charge in [-0.2, -0.15) is 13.2 Å². The van der Waals surface area contributed by atoms with Gasteiger partial charge in [-0.3, -0.25) is 0 Å². The highest BCUT2D eigenvalue weighted by atomic mass is 19.4. The van der Waals surface area contributed by atoms with Crippen molar-refractivity contribution in [2.45, 2.75) is 13.1 Å². The molecule has 0 aromatic carbocycles. The minimum atomic E-state index is -4.30. The molecule has 0 atom stereocenters. The van der Waals surface area contributed by atoms with Gasteiger partial charge in [-0.25, -0.2) is 0 Å². The first-order valence-electron chi connectivity index (χ1n) is 2.66. The fourth-order valence-electron chi connectivity index (χ4n) is 0.617. The van der Waals surface area contributed by atoms with Crippen LogP contribution in [0.5, 0.6) is 0 Å². The molecule has 1 rings (SSSR count). The van der Waals surface area contributed by atoms with Crippen molar-refractivity contribution in [3.8, 4) is 0 Å². The van der Waals surface area contributed by atoms with E-state index in [4.69, 9.17) is 0 Å². The molecule has 0 amide bonds. The van der Waals surface area contributed by atoms with Crippen molar-refractivity contribution < 1.29 is 13.2 Å². The Morgan fingerprint density at radius 1 is 1.50 bits per heavy atom. The van der Waals surface area contributed by atoms with E-state index in [1.54, 1.807) is 6.92 Å². The molecule has 1 nitrogen and oxygen atoms in total. The Labute approximate surface area is 56.9 Å². The van der Waals surface area contributed by atoms with Gasteiger partial charge in [-0.1, -0.05) is 12.4 Å². The predicted octanol–water partition coefficient (Wildman–Crippen LogP) is 1.53. The van der Waals surface area contributed by atoms with Gasteiger partial charge < -0.3 is 4.90 Å². The van der Waals surface area contributed by atoms with Crippen LogP contribution in [0.15, 0.2) is 16.5 Å². The summed E-state index contributed by atoms with van der Waals surface area (Å²) in [6.07, 6.45) is -3.28. The van der Waals surface area contributed by atoms with Gasteiger partial charge in [0.2, 0.25) is 0 Å². The second kappa shape index (κ2) is 2.14. The van der Waals surface area contributed by atoms with Gasteiger partial charge in [0, 0.05) is 0 Å². The minimum Gasteiger partial charge on any atom is -0.339 e. The van der Waals surface area contributed by atoms with Crippen molar-refractivity contribution in [2.24, 2.45) is 4.90 Å². The third-order valence-electron chi connectivity index (χ3n) is 1.06. The average Bonchev–Trinajstić information content (AvgIpc) is 2.11. The van der Waals surface area contributed by atoms with E-state index < -0.39 is 11.9 Å².